The lowest BCUT2D eigenvalue weighted by atomic mass is 10.1. The van der Waals surface area contributed by atoms with E-state index in [1.807, 2.05) is 60.7 Å². The van der Waals surface area contributed by atoms with Crippen LogP contribution in [0.15, 0.2) is 66.9 Å². The van der Waals surface area contributed by atoms with Gasteiger partial charge in [0.2, 0.25) is 0 Å². The number of nitrogens with two attached hydrogens (primary N) is 1. The summed E-state index contributed by atoms with van der Waals surface area (Å²) in [6.45, 7) is 1.03. The molecule has 0 radical (unpaired) electrons. The van der Waals surface area contributed by atoms with Crippen LogP contribution in [0.4, 0.5) is 5.69 Å². The summed E-state index contributed by atoms with van der Waals surface area (Å²) in [5.74, 6) is -0.125. The fourth-order valence-electron chi connectivity index (χ4n) is 2.67. The van der Waals surface area contributed by atoms with Crippen molar-refractivity contribution in [1.29, 1.82) is 0 Å². The molecule has 122 valence electrons. The minimum Gasteiger partial charge on any atom is -0.396 e. The highest BCUT2D eigenvalue weighted by atomic mass is 16.2. The molecule has 0 aliphatic rings. The summed E-state index contributed by atoms with van der Waals surface area (Å²) in [4.78, 5) is 14.8. The number of anilines is 1. The maximum absolute atomic E-state index is 13.0. The van der Waals surface area contributed by atoms with Crippen LogP contribution < -0.4 is 5.73 Å². The van der Waals surface area contributed by atoms with Gasteiger partial charge in [-0.2, -0.15) is 5.10 Å². The molecule has 0 saturated heterocycles. The predicted molar refractivity (Wildman–Crippen MR) is 94.1 cm³/mol. The molecule has 5 nitrogen and oxygen atoms in total. The quantitative estimate of drug-likeness (QED) is 0.786. The van der Waals surface area contributed by atoms with Crippen LogP contribution in [0.2, 0.25) is 0 Å². The van der Waals surface area contributed by atoms with Crippen molar-refractivity contribution in [2.45, 2.75) is 13.1 Å². The predicted octanol–water partition coefficient (Wildman–Crippen LogP) is 2.84. The van der Waals surface area contributed by atoms with Gasteiger partial charge in [0.1, 0.15) is 5.69 Å². The van der Waals surface area contributed by atoms with Crippen molar-refractivity contribution < 1.29 is 4.79 Å². The van der Waals surface area contributed by atoms with Gasteiger partial charge in [0.25, 0.3) is 5.91 Å². The van der Waals surface area contributed by atoms with Gasteiger partial charge in [-0.3, -0.25) is 9.48 Å². The first-order valence-electron chi connectivity index (χ1n) is 7.80. The molecule has 0 bridgehead atoms. The molecule has 0 fully saturated rings. The normalized spacial score (nSPS) is 10.5. The molecule has 3 aromatic rings. The molecule has 0 spiro atoms. The summed E-state index contributed by atoms with van der Waals surface area (Å²) in [6.07, 6.45) is 1.51. The van der Waals surface area contributed by atoms with Gasteiger partial charge in [0.05, 0.1) is 11.9 Å². The van der Waals surface area contributed by atoms with Crippen LogP contribution in [-0.4, -0.2) is 20.6 Å². The second-order valence-corrected chi connectivity index (χ2v) is 5.70. The molecule has 1 aromatic heterocycles. The number of nitrogens with zero attached hydrogens (tertiary/aromatic N) is 3. The Bertz CT molecular complexity index is 751. The van der Waals surface area contributed by atoms with E-state index in [-0.39, 0.29) is 5.91 Å². The third kappa shape index (κ3) is 3.46. The van der Waals surface area contributed by atoms with Gasteiger partial charge < -0.3 is 10.6 Å². The van der Waals surface area contributed by atoms with Crippen LogP contribution in [0.5, 0.6) is 0 Å². The third-order valence-corrected chi connectivity index (χ3v) is 3.89. The largest absolute Gasteiger partial charge is 0.396 e. The topological polar surface area (TPSA) is 64.2 Å². The average Bonchev–Trinajstić information content (AvgIpc) is 2.94. The lowest BCUT2D eigenvalue weighted by molar-refractivity contribution is 0.0720. The van der Waals surface area contributed by atoms with Crippen LogP contribution in [-0.2, 0) is 20.1 Å². The average molecular weight is 320 g/mol. The van der Waals surface area contributed by atoms with Gasteiger partial charge in [-0.1, -0.05) is 60.7 Å². The Balaban J connectivity index is 1.90. The first-order chi connectivity index (χ1) is 11.6. The molecule has 0 atom stereocenters. The SMILES string of the molecule is Cn1ncc(N)c1C(=O)N(Cc1ccccc1)Cc1ccccc1. The number of rotatable bonds is 5. The Morgan fingerprint density at radius 2 is 1.50 bits per heavy atom. The molecular formula is C19H20N4O. The summed E-state index contributed by atoms with van der Waals surface area (Å²) < 4.78 is 1.53. The number of hydrogen-bond acceptors (Lipinski definition) is 3. The minimum absolute atomic E-state index is 0.125. The Morgan fingerprint density at radius 3 is 1.92 bits per heavy atom. The van der Waals surface area contributed by atoms with E-state index in [0.717, 1.165) is 11.1 Å². The Hall–Kier alpha value is -3.08. The van der Waals surface area contributed by atoms with E-state index < -0.39 is 0 Å². The van der Waals surface area contributed by atoms with E-state index in [1.165, 1.54) is 10.9 Å². The van der Waals surface area contributed by atoms with Gasteiger partial charge in [0.15, 0.2) is 0 Å². The molecule has 2 aromatic carbocycles. The monoisotopic (exact) mass is 320 g/mol. The van der Waals surface area contributed by atoms with Crippen LogP contribution in [0.25, 0.3) is 0 Å². The summed E-state index contributed by atoms with van der Waals surface area (Å²) in [6, 6.07) is 19.9. The van der Waals surface area contributed by atoms with Crippen molar-refractivity contribution in [2.24, 2.45) is 7.05 Å². The van der Waals surface area contributed by atoms with E-state index in [4.69, 9.17) is 5.73 Å². The molecule has 3 rings (SSSR count). The molecule has 0 aliphatic carbocycles. The van der Waals surface area contributed by atoms with Crippen LogP contribution in [0, 0.1) is 0 Å². The highest BCUT2D eigenvalue weighted by Crippen LogP contribution is 2.17. The van der Waals surface area contributed by atoms with Crippen molar-refractivity contribution in [1.82, 2.24) is 14.7 Å². The highest BCUT2D eigenvalue weighted by Gasteiger charge is 2.22. The van der Waals surface area contributed by atoms with E-state index in [1.54, 1.807) is 11.9 Å². The lowest BCUT2D eigenvalue weighted by Crippen LogP contribution is -2.32. The molecule has 0 aliphatic heterocycles. The van der Waals surface area contributed by atoms with E-state index in [2.05, 4.69) is 5.10 Å². The molecule has 1 heterocycles. The second kappa shape index (κ2) is 7.00. The zero-order chi connectivity index (χ0) is 16.9. The van der Waals surface area contributed by atoms with Crippen molar-refractivity contribution in [2.75, 3.05) is 5.73 Å². The minimum atomic E-state index is -0.125. The van der Waals surface area contributed by atoms with Crippen molar-refractivity contribution in [3.8, 4) is 0 Å². The maximum atomic E-state index is 13.0. The molecule has 5 heteroatoms. The Kier molecular flexibility index (Phi) is 4.61. The number of amides is 1. The first-order valence-corrected chi connectivity index (χ1v) is 7.80. The summed E-state index contributed by atoms with van der Waals surface area (Å²) >= 11 is 0. The summed E-state index contributed by atoms with van der Waals surface area (Å²) in [5.41, 5.74) is 8.89. The van der Waals surface area contributed by atoms with Crippen molar-refractivity contribution >= 4 is 11.6 Å². The van der Waals surface area contributed by atoms with Gasteiger partial charge in [-0.15, -0.1) is 0 Å². The fourth-order valence-corrected chi connectivity index (χ4v) is 2.67. The van der Waals surface area contributed by atoms with Crippen LogP contribution >= 0.6 is 0 Å². The zero-order valence-corrected chi connectivity index (χ0v) is 13.6. The number of aromatic nitrogens is 2. The van der Waals surface area contributed by atoms with Gasteiger partial charge in [0, 0.05) is 20.1 Å². The smallest absolute Gasteiger partial charge is 0.274 e. The van der Waals surface area contributed by atoms with Crippen molar-refractivity contribution in [3.63, 3.8) is 0 Å². The number of carbonyl (C=O) groups excluding carboxylic acids is 1. The van der Waals surface area contributed by atoms with Crippen molar-refractivity contribution in [3.05, 3.63) is 83.7 Å². The maximum Gasteiger partial charge on any atom is 0.274 e. The van der Waals surface area contributed by atoms with Gasteiger partial charge >= 0.3 is 0 Å². The number of carbonyl (C=O) groups is 1. The van der Waals surface area contributed by atoms with Crippen LogP contribution in [0.3, 0.4) is 0 Å². The molecule has 1 amide bonds. The Morgan fingerprint density at radius 1 is 1.00 bits per heavy atom. The Labute approximate surface area is 141 Å². The van der Waals surface area contributed by atoms with Gasteiger partial charge in [-0.05, 0) is 11.1 Å². The third-order valence-electron chi connectivity index (χ3n) is 3.89. The van der Waals surface area contributed by atoms with Gasteiger partial charge in [-0.25, -0.2) is 0 Å². The fraction of sp³-hybridized carbons (Fsp3) is 0.158. The van der Waals surface area contributed by atoms with Crippen LogP contribution in [0.1, 0.15) is 21.6 Å². The molecular weight excluding hydrogens is 300 g/mol. The number of nitrogen functional groups attached to an aromatic ring is 1. The van der Waals surface area contributed by atoms with E-state index in [0.29, 0.717) is 24.5 Å². The number of benzene rings is 2. The zero-order valence-electron chi connectivity index (χ0n) is 13.6. The first kappa shape index (κ1) is 15.8. The standard InChI is InChI=1S/C19H20N4O/c1-22-18(17(20)12-21-22)19(24)23(13-15-8-4-2-5-9-15)14-16-10-6-3-7-11-16/h2-12H,13-14,20H2,1H3. The number of aryl methyl sites for hydroxylation is 1. The van der Waals surface area contributed by atoms with E-state index >= 15 is 0 Å². The molecule has 2 N–H and O–H groups in total. The molecule has 0 saturated carbocycles. The summed E-state index contributed by atoms with van der Waals surface area (Å²) in [5, 5.41) is 4.08. The molecule has 0 unspecified atom stereocenters. The lowest BCUT2D eigenvalue weighted by Gasteiger charge is -2.23. The number of hydrogen-bond donors (Lipinski definition) is 1. The molecule has 24 heavy (non-hydrogen) atoms. The second-order valence-electron chi connectivity index (χ2n) is 5.70. The van der Waals surface area contributed by atoms with E-state index in [9.17, 15) is 4.79 Å². The highest BCUT2D eigenvalue weighted by molar-refractivity contribution is 5.97. The summed E-state index contributed by atoms with van der Waals surface area (Å²) in [7, 11) is 1.73.